The molecule has 1 atom stereocenters. The van der Waals surface area contributed by atoms with E-state index >= 15 is 0 Å². The average molecular weight is 229 g/mol. The molecule has 17 heavy (non-hydrogen) atoms. The number of aromatic amines is 1. The molecule has 3 nitrogen and oxygen atoms in total. The number of nitrogens with zero attached hydrogens (tertiary/aromatic N) is 1. The van der Waals surface area contributed by atoms with Crippen LogP contribution in [0.3, 0.4) is 0 Å². The van der Waals surface area contributed by atoms with E-state index in [9.17, 15) is 0 Å². The molecule has 1 unspecified atom stereocenters. The second kappa shape index (κ2) is 5.15. The molecule has 0 aliphatic carbocycles. The molecule has 0 aliphatic rings. The molecule has 0 amide bonds. The summed E-state index contributed by atoms with van der Waals surface area (Å²) in [6.07, 6.45) is 1.96. The van der Waals surface area contributed by atoms with E-state index in [0.717, 1.165) is 17.1 Å². The molecular formula is C14H19N3. The summed E-state index contributed by atoms with van der Waals surface area (Å²) < 4.78 is 0. The lowest BCUT2D eigenvalue weighted by Gasteiger charge is -2.14. The van der Waals surface area contributed by atoms with Gasteiger partial charge in [-0.1, -0.05) is 44.2 Å². The average Bonchev–Trinajstić information content (AvgIpc) is 2.78. The molecule has 1 heterocycles. The van der Waals surface area contributed by atoms with E-state index in [2.05, 4.69) is 48.2 Å². The van der Waals surface area contributed by atoms with E-state index < -0.39 is 0 Å². The first-order chi connectivity index (χ1) is 8.16. The van der Waals surface area contributed by atoms with Crippen LogP contribution in [0.2, 0.25) is 0 Å². The van der Waals surface area contributed by atoms with Gasteiger partial charge in [-0.25, -0.2) is 4.98 Å². The monoisotopic (exact) mass is 229 g/mol. The fourth-order valence-corrected chi connectivity index (χ4v) is 1.89. The van der Waals surface area contributed by atoms with Crippen LogP contribution in [0.15, 0.2) is 36.5 Å². The number of rotatable bonds is 4. The fraction of sp³-hybridized carbons (Fsp3) is 0.357. The van der Waals surface area contributed by atoms with Crippen LogP contribution in [0.4, 0.5) is 0 Å². The van der Waals surface area contributed by atoms with Crippen LogP contribution in [-0.2, 0) is 0 Å². The zero-order chi connectivity index (χ0) is 12.3. The van der Waals surface area contributed by atoms with Crippen LogP contribution in [0.25, 0.3) is 11.3 Å². The highest BCUT2D eigenvalue weighted by Crippen LogP contribution is 2.18. The molecule has 3 heteroatoms. The zero-order valence-electron chi connectivity index (χ0n) is 10.6. The Labute approximate surface area is 102 Å². The van der Waals surface area contributed by atoms with Gasteiger partial charge in [0.2, 0.25) is 0 Å². The van der Waals surface area contributed by atoms with Gasteiger partial charge in [-0.3, -0.25) is 0 Å². The Morgan fingerprint density at radius 2 is 1.82 bits per heavy atom. The third kappa shape index (κ3) is 2.94. The van der Waals surface area contributed by atoms with Crippen LogP contribution in [0, 0.1) is 0 Å². The van der Waals surface area contributed by atoms with Crippen LogP contribution in [-0.4, -0.2) is 16.0 Å². The van der Waals surface area contributed by atoms with Gasteiger partial charge in [0.05, 0.1) is 11.7 Å². The van der Waals surface area contributed by atoms with Gasteiger partial charge in [0.25, 0.3) is 0 Å². The SMILES string of the molecule is CC(C)NC(C)c1nc(-c2ccccc2)c[nH]1. The summed E-state index contributed by atoms with van der Waals surface area (Å²) in [6, 6.07) is 10.9. The van der Waals surface area contributed by atoms with Gasteiger partial charge >= 0.3 is 0 Å². The Hall–Kier alpha value is -1.61. The molecule has 0 radical (unpaired) electrons. The van der Waals surface area contributed by atoms with Crippen molar-refractivity contribution in [1.82, 2.24) is 15.3 Å². The number of hydrogen-bond acceptors (Lipinski definition) is 2. The molecule has 0 spiro atoms. The van der Waals surface area contributed by atoms with E-state index in [1.165, 1.54) is 0 Å². The van der Waals surface area contributed by atoms with Gasteiger partial charge in [-0.2, -0.15) is 0 Å². The molecule has 0 bridgehead atoms. The molecule has 2 N–H and O–H groups in total. The smallest absolute Gasteiger partial charge is 0.123 e. The van der Waals surface area contributed by atoms with E-state index in [0.29, 0.717) is 6.04 Å². The minimum atomic E-state index is 0.243. The predicted molar refractivity (Wildman–Crippen MR) is 70.7 cm³/mol. The van der Waals surface area contributed by atoms with Crippen molar-refractivity contribution in [2.45, 2.75) is 32.9 Å². The van der Waals surface area contributed by atoms with Crippen molar-refractivity contribution in [2.75, 3.05) is 0 Å². The molecule has 0 saturated heterocycles. The standard InChI is InChI=1S/C14H19N3/c1-10(2)16-11(3)14-15-9-13(17-14)12-7-5-4-6-8-12/h4-11,16H,1-3H3,(H,15,17). The van der Waals surface area contributed by atoms with Crippen molar-refractivity contribution in [3.63, 3.8) is 0 Å². The minimum absolute atomic E-state index is 0.243. The fourth-order valence-electron chi connectivity index (χ4n) is 1.89. The van der Waals surface area contributed by atoms with Crippen LogP contribution in [0.5, 0.6) is 0 Å². The van der Waals surface area contributed by atoms with Gasteiger partial charge in [0, 0.05) is 17.8 Å². The maximum atomic E-state index is 4.62. The maximum Gasteiger partial charge on any atom is 0.123 e. The second-order valence-electron chi connectivity index (χ2n) is 4.58. The lowest BCUT2D eigenvalue weighted by molar-refractivity contribution is 0.490. The lowest BCUT2D eigenvalue weighted by atomic mass is 10.2. The van der Waals surface area contributed by atoms with Crippen molar-refractivity contribution in [1.29, 1.82) is 0 Å². The topological polar surface area (TPSA) is 40.7 Å². The lowest BCUT2D eigenvalue weighted by Crippen LogP contribution is -2.26. The van der Waals surface area contributed by atoms with Crippen LogP contribution >= 0.6 is 0 Å². The number of nitrogens with one attached hydrogen (secondary N) is 2. The number of imidazole rings is 1. The summed E-state index contributed by atoms with van der Waals surface area (Å²) in [5, 5.41) is 3.43. The van der Waals surface area contributed by atoms with Crippen molar-refractivity contribution < 1.29 is 0 Å². The Bertz CT molecular complexity index is 459. The second-order valence-corrected chi connectivity index (χ2v) is 4.58. The quantitative estimate of drug-likeness (QED) is 0.845. The first-order valence-electron chi connectivity index (χ1n) is 6.03. The summed E-state index contributed by atoms with van der Waals surface area (Å²) >= 11 is 0. The molecule has 0 saturated carbocycles. The van der Waals surface area contributed by atoms with E-state index in [1.54, 1.807) is 0 Å². The molecule has 1 aromatic carbocycles. The van der Waals surface area contributed by atoms with E-state index in [4.69, 9.17) is 0 Å². The third-order valence-electron chi connectivity index (χ3n) is 2.66. The number of benzene rings is 1. The predicted octanol–water partition coefficient (Wildman–Crippen LogP) is 3.14. The highest BCUT2D eigenvalue weighted by molar-refractivity contribution is 5.58. The minimum Gasteiger partial charge on any atom is -0.347 e. The number of hydrogen-bond donors (Lipinski definition) is 2. The molecule has 2 rings (SSSR count). The third-order valence-corrected chi connectivity index (χ3v) is 2.66. The number of aromatic nitrogens is 2. The van der Waals surface area contributed by atoms with Crippen LogP contribution < -0.4 is 5.32 Å². The first-order valence-corrected chi connectivity index (χ1v) is 6.03. The van der Waals surface area contributed by atoms with E-state index in [1.807, 2.05) is 24.4 Å². The van der Waals surface area contributed by atoms with Crippen molar-refractivity contribution >= 4 is 0 Å². The van der Waals surface area contributed by atoms with Gasteiger partial charge in [-0.05, 0) is 6.92 Å². The summed E-state index contributed by atoms with van der Waals surface area (Å²) in [4.78, 5) is 7.85. The normalized spacial score (nSPS) is 12.9. The molecule has 2 aromatic rings. The summed E-state index contributed by atoms with van der Waals surface area (Å²) in [5.41, 5.74) is 2.14. The molecule has 0 fully saturated rings. The van der Waals surface area contributed by atoms with Crippen molar-refractivity contribution in [2.24, 2.45) is 0 Å². The van der Waals surface area contributed by atoms with Gasteiger partial charge in [-0.15, -0.1) is 0 Å². The van der Waals surface area contributed by atoms with E-state index in [-0.39, 0.29) is 6.04 Å². The first kappa shape index (κ1) is 11.9. The summed E-state index contributed by atoms with van der Waals surface area (Å²) in [7, 11) is 0. The summed E-state index contributed by atoms with van der Waals surface area (Å²) in [5.74, 6) is 0.984. The molecule has 90 valence electrons. The largest absolute Gasteiger partial charge is 0.347 e. The Morgan fingerprint density at radius 1 is 1.12 bits per heavy atom. The maximum absolute atomic E-state index is 4.62. The van der Waals surface area contributed by atoms with Gasteiger partial charge in [0.1, 0.15) is 5.82 Å². The number of H-pyrrole nitrogens is 1. The van der Waals surface area contributed by atoms with Gasteiger partial charge < -0.3 is 10.3 Å². The summed E-state index contributed by atoms with van der Waals surface area (Å²) in [6.45, 7) is 6.39. The van der Waals surface area contributed by atoms with Crippen molar-refractivity contribution in [3.8, 4) is 11.3 Å². The molecule has 1 aromatic heterocycles. The highest BCUT2D eigenvalue weighted by Gasteiger charge is 2.11. The van der Waals surface area contributed by atoms with Crippen molar-refractivity contribution in [3.05, 3.63) is 42.4 Å². The Morgan fingerprint density at radius 3 is 2.47 bits per heavy atom. The highest BCUT2D eigenvalue weighted by atomic mass is 15.0. The van der Waals surface area contributed by atoms with Gasteiger partial charge in [0.15, 0.2) is 0 Å². The molecule has 0 aliphatic heterocycles. The molecular weight excluding hydrogens is 210 g/mol. The Balaban J connectivity index is 2.16. The van der Waals surface area contributed by atoms with Crippen LogP contribution in [0.1, 0.15) is 32.6 Å². The Kier molecular flexibility index (Phi) is 3.59. The zero-order valence-corrected chi connectivity index (χ0v) is 10.6.